The molecule has 1 aliphatic rings. The first-order chi connectivity index (χ1) is 14.4. The Kier molecular flexibility index (Phi) is 4.83. The molecule has 3 aromatic rings. The second-order valence-electron chi connectivity index (χ2n) is 6.76. The molecule has 0 aromatic heterocycles. The van der Waals surface area contributed by atoms with Crippen LogP contribution in [0.2, 0.25) is 0 Å². The average molecular weight is 410 g/mol. The van der Waals surface area contributed by atoms with E-state index in [4.69, 9.17) is 4.74 Å². The highest BCUT2D eigenvalue weighted by atomic mass is 19.2. The van der Waals surface area contributed by atoms with Crippen LogP contribution in [0.1, 0.15) is 31.8 Å². The van der Waals surface area contributed by atoms with Crippen LogP contribution < -0.4 is 15.4 Å². The summed E-state index contributed by atoms with van der Waals surface area (Å²) in [5, 5.41) is 15.1. The van der Waals surface area contributed by atoms with E-state index in [-0.39, 0.29) is 22.6 Å². The summed E-state index contributed by atoms with van der Waals surface area (Å²) < 4.78 is 32.4. The number of nitrogens with one attached hydrogen (secondary N) is 2. The molecule has 0 spiro atoms. The number of carbonyl (C=O) groups excluding carboxylic acids is 1. The second kappa shape index (κ2) is 7.47. The lowest BCUT2D eigenvalue weighted by Crippen LogP contribution is -2.19. The highest BCUT2D eigenvalue weighted by Gasteiger charge is 2.25. The van der Waals surface area contributed by atoms with E-state index in [9.17, 15) is 23.5 Å². The quantitative estimate of drug-likeness (QED) is 0.462. The van der Waals surface area contributed by atoms with Crippen LogP contribution in [0.15, 0.2) is 48.5 Å². The number of ether oxygens (including phenoxy) is 1. The summed E-state index contributed by atoms with van der Waals surface area (Å²) >= 11 is 0. The Hall–Kier alpha value is -3.94. The highest BCUT2D eigenvalue weighted by Crippen LogP contribution is 2.44. The van der Waals surface area contributed by atoms with Crippen molar-refractivity contribution < 1.29 is 28.2 Å². The second-order valence-corrected chi connectivity index (χ2v) is 6.76. The minimum absolute atomic E-state index is 0.109. The number of carboxylic acids is 1. The van der Waals surface area contributed by atoms with Gasteiger partial charge in [-0.3, -0.25) is 4.79 Å². The van der Waals surface area contributed by atoms with Crippen molar-refractivity contribution in [1.29, 1.82) is 0 Å². The molecule has 0 atom stereocenters. The van der Waals surface area contributed by atoms with Crippen LogP contribution >= 0.6 is 0 Å². The third kappa shape index (κ3) is 3.55. The number of aromatic carboxylic acids is 1. The van der Waals surface area contributed by atoms with Crippen molar-refractivity contribution in [3.8, 4) is 11.5 Å². The van der Waals surface area contributed by atoms with Gasteiger partial charge >= 0.3 is 5.97 Å². The zero-order valence-electron chi connectivity index (χ0n) is 15.8. The average Bonchev–Trinajstić information content (AvgIpc) is 2.73. The van der Waals surface area contributed by atoms with Crippen LogP contribution in [0.3, 0.4) is 0 Å². The fourth-order valence-electron chi connectivity index (χ4n) is 3.28. The maximum atomic E-state index is 13.5. The number of carbonyl (C=O) groups is 2. The minimum Gasteiger partial charge on any atom is -0.478 e. The van der Waals surface area contributed by atoms with E-state index in [2.05, 4.69) is 10.6 Å². The minimum atomic E-state index is -1.21. The van der Waals surface area contributed by atoms with Crippen LogP contribution in [0.25, 0.3) is 0 Å². The summed E-state index contributed by atoms with van der Waals surface area (Å²) in [4.78, 5) is 23.7. The standard InChI is InChI=1S/C22H16F2N2O4/c1-25-21(27)13-9-14(22(28)29)20-19(10-13)30-18-5-3-12(8-17(18)26-20)6-11-2-4-15(23)16(24)7-11/h2-5,7-10,26H,6H2,1H3,(H,25,27)(H,28,29). The maximum absolute atomic E-state index is 13.5. The smallest absolute Gasteiger partial charge is 0.337 e. The van der Waals surface area contributed by atoms with Gasteiger partial charge in [0.15, 0.2) is 23.1 Å². The molecule has 3 N–H and O–H groups in total. The molecule has 0 fully saturated rings. The molecule has 8 heteroatoms. The molecule has 0 saturated heterocycles. The van der Waals surface area contributed by atoms with Gasteiger partial charge in [-0.15, -0.1) is 0 Å². The predicted octanol–water partition coefficient (Wildman–Crippen LogP) is 4.46. The number of amides is 1. The van der Waals surface area contributed by atoms with Crippen LogP contribution in [0, 0.1) is 11.6 Å². The van der Waals surface area contributed by atoms with E-state index in [1.807, 2.05) is 0 Å². The van der Waals surface area contributed by atoms with Crippen molar-refractivity contribution in [3.05, 3.63) is 82.4 Å². The Morgan fingerprint density at radius 2 is 1.73 bits per heavy atom. The lowest BCUT2D eigenvalue weighted by Gasteiger charge is -2.24. The number of carboxylic acid groups (broad SMARTS) is 1. The number of rotatable bonds is 4. The monoisotopic (exact) mass is 410 g/mol. The third-order valence-corrected chi connectivity index (χ3v) is 4.74. The van der Waals surface area contributed by atoms with E-state index in [1.54, 1.807) is 18.2 Å². The first-order valence-electron chi connectivity index (χ1n) is 9.01. The Bertz CT molecular complexity index is 1190. The number of benzene rings is 3. The van der Waals surface area contributed by atoms with E-state index >= 15 is 0 Å². The summed E-state index contributed by atoms with van der Waals surface area (Å²) in [6.07, 6.45) is 0.348. The van der Waals surface area contributed by atoms with Gasteiger partial charge in [-0.1, -0.05) is 12.1 Å². The zero-order chi connectivity index (χ0) is 21.4. The van der Waals surface area contributed by atoms with Crippen molar-refractivity contribution in [2.24, 2.45) is 0 Å². The molecule has 30 heavy (non-hydrogen) atoms. The molecule has 0 radical (unpaired) electrons. The van der Waals surface area contributed by atoms with E-state index in [0.29, 0.717) is 23.4 Å². The van der Waals surface area contributed by atoms with Crippen molar-refractivity contribution in [3.63, 3.8) is 0 Å². The molecule has 0 unspecified atom stereocenters. The molecule has 6 nitrogen and oxygen atoms in total. The van der Waals surface area contributed by atoms with Gasteiger partial charge in [0.05, 0.1) is 16.9 Å². The lowest BCUT2D eigenvalue weighted by atomic mass is 10.0. The predicted molar refractivity (Wildman–Crippen MR) is 106 cm³/mol. The van der Waals surface area contributed by atoms with Gasteiger partial charge in [0, 0.05) is 12.6 Å². The topological polar surface area (TPSA) is 87.7 Å². The van der Waals surface area contributed by atoms with Crippen molar-refractivity contribution in [2.75, 3.05) is 12.4 Å². The number of hydrogen-bond acceptors (Lipinski definition) is 4. The summed E-state index contributed by atoms with van der Waals surface area (Å²) in [5.41, 5.74) is 2.19. The van der Waals surface area contributed by atoms with Crippen LogP contribution in [0.4, 0.5) is 20.2 Å². The molecule has 0 aliphatic carbocycles. The largest absolute Gasteiger partial charge is 0.478 e. The summed E-state index contributed by atoms with van der Waals surface area (Å²) in [5.74, 6) is -2.81. The van der Waals surface area contributed by atoms with Crippen molar-refractivity contribution in [2.45, 2.75) is 6.42 Å². The van der Waals surface area contributed by atoms with Gasteiger partial charge in [-0.2, -0.15) is 0 Å². The van der Waals surface area contributed by atoms with Gasteiger partial charge < -0.3 is 20.5 Å². The first-order valence-corrected chi connectivity index (χ1v) is 9.01. The van der Waals surface area contributed by atoms with E-state index in [0.717, 1.165) is 17.7 Å². The number of fused-ring (bicyclic) bond motifs is 2. The van der Waals surface area contributed by atoms with E-state index in [1.165, 1.54) is 25.2 Å². The van der Waals surface area contributed by atoms with Crippen LogP contribution in [-0.2, 0) is 6.42 Å². The molecule has 4 rings (SSSR count). The summed E-state index contributed by atoms with van der Waals surface area (Å²) in [7, 11) is 1.45. The van der Waals surface area contributed by atoms with Gasteiger partial charge in [0.25, 0.3) is 5.91 Å². The Morgan fingerprint density at radius 3 is 2.43 bits per heavy atom. The molecular formula is C22H16F2N2O4. The molecule has 0 bridgehead atoms. The maximum Gasteiger partial charge on any atom is 0.337 e. The van der Waals surface area contributed by atoms with E-state index < -0.39 is 23.5 Å². The fraction of sp³-hybridized carbons (Fsp3) is 0.0909. The molecular weight excluding hydrogens is 394 g/mol. The third-order valence-electron chi connectivity index (χ3n) is 4.74. The molecule has 0 saturated carbocycles. The summed E-state index contributed by atoms with van der Waals surface area (Å²) in [6, 6.07) is 11.7. The van der Waals surface area contributed by atoms with Gasteiger partial charge in [-0.25, -0.2) is 13.6 Å². The van der Waals surface area contributed by atoms with Gasteiger partial charge in [0.2, 0.25) is 0 Å². The SMILES string of the molecule is CNC(=O)c1cc2c(c(C(=O)O)c1)Nc1cc(Cc3ccc(F)c(F)c3)ccc1O2. The molecule has 1 aliphatic heterocycles. The normalized spacial score (nSPS) is 11.6. The Morgan fingerprint density at radius 1 is 1.00 bits per heavy atom. The molecule has 1 heterocycles. The molecule has 1 amide bonds. The molecule has 152 valence electrons. The fourth-order valence-corrected chi connectivity index (χ4v) is 3.28. The summed E-state index contributed by atoms with van der Waals surface area (Å²) in [6.45, 7) is 0. The Labute approximate surface area is 170 Å². The number of hydrogen-bond donors (Lipinski definition) is 3. The van der Waals surface area contributed by atoms with Gasteiger partial charge in [-0.05, 0) is 53.9 Å². The van der Waals surface area contributed by atoms with Crippen LogP contribution in [0.5, 0.6) is 11.5 Å². The van der Waals surface area contributed by atoms with Crippen molar-refractivity contribution in [1.82, 2.24) is 5.32 Å². The van der Waals surface area contributed by atoms with Gasteiger partial charge in [0.1, 0.15) is 0 Å². The zero-order valence-corrected chi connectivity index (χ0v) is 15.8. The van der Waals surface area contributed by atoms with Crippen LogP contribution in [-0.4, -0.2) is 24.0 Å². The number of halogens is 2. The lowest BCUT2D eigenvalue weighted by molar-refractivity contribution is 0.0697. The highest BCUT2D eigenvalue weighted by molar-refractivity contribution is 6.03. The van der Waals surface area contributed by atoms with Crippen molar-refractivity contribution >= 4 is 23.3 Å². The first kappa shape index (κ1) is 19.4. The molecule has 3 aromatic carbocycles. The Balaban J connectivity index is 1.68. The number of anilines is 2.